The summed E-state index contributed by atoms with van der Waals surface area (Å²) in [5, 5.41) is 4.06. The molecular formula is C22H25FN4O. The monoisotopic (exact) mass is 380 g/mol. The van der Waals surface area contributed by atoms with Crippen molar-refractivity contribution in [2.75, 3.05) is 24.5 Å². The van der Waals surface area contributed by atoms with E-state index in [1.54, 1.807) is 6.07 Å². The number of rotatable bonds is 5. The molecule has 0 amide bonds. The topological polar surface area (TPSA) is 45.4 Å². The zero-order valence-electron chi connectivity index (χ0n) is 16.3. The average molecular weight is 380 g/mol. The molecule has 1 saturated heterocycles. The first-order chi connectivity index (χ1) is 13.6. The lowest BCUT2D eigenvalue weighted by molar-refractivity contribution is 0.159. The summed E-state index contributed by atoms with van der Waals surface area (Å²) in [6.07, 6.45) is 0.470. The number of para-hydroxylation sites is 1. The molecule has 5 nitrogen and oxygen atoms in total. The normalized spacial score (nSPS) is 17.8. The SMILES string of the molecule is Cc1ccccc1N1CCN(Cc2nc(Cc3cccc(F)c3)no2)[C@@H](C)C1. The summed E-state index contributed by atoms with van der Waals surface area (Å²) in [5.74, 6) is 0.955. The summed E-state index contributed by atoms with van der Waals surface area (Å²) in [5.41, 5.74) is 3.46. The van der Waals surface area contributed by atoms with E-state index < -0.39 is 0 Å². The van der Waals surface area contributed by atoms with Gasteiger partial charge in [-0.05, 0) is 43.2 Å². The van der Waals surface area contributed by atoms with Gasteiger partial charge in [0.2, 0.25) is 5.89 Å². The number of halogens is 1. The fraction of sp³-hybridized carbons (Fsp3) is 0.364. The number of hydrogen-bond acceptors (Lipinski definition) is 5. The summed E-state index contributed by atoms with van der Waals surface area (Å²) in [7, 11) is 0. The third-order valence-electron chi connectivity index (χ3n) is 5.32. The molecule has 4 rings (SSSR count). The Morgan fingerprint density at radius 1 is 1.14 bits per heavy atom. The van der Waals surface area contributed by atoms with Gasteiger partial charge in [0, 0.05) is 37.8 Å². The van der Waals surface area contributed by atoms with E-state index >= 15 is 0 Å². The summed E-state index contributed by atoms with van der Waals surface area (Å²) in [4.78, 5) is 9.31. The Kier molecular flexibility index (Phi) is 5.39. The van der Waals surface area contributed by atoms with Crippen molar-refractivity contribution in [3.05, 3.63) is 77.2 Å². The zero-order valence-corrected chi connectivity index (χ0v) is 16.3. The molecule has 1 fully saturated rings. The Hall–Kier alpha value is -2.73. The minimum atomic E-state index is -0.249. The fourth-order valence-electron chi connectivity index (χ4n) is 3.80. The number of aromatic nitrogens is 2. The fourth-order valence-corrected chi connectivity index (χ4v) is 3.80. The lowest BCUT2D eigenvalue weighted by Gasteiger charge is -2.40. The number of benzene rings is 2. The van der Waals surface area contributed by atoms with Crippen LogP contribution < -0.4 is 4.90 Å². The van der Waals surface area contributed by atoms with Crippen molar-refractivity contribution in [3.63, 3.8) is 0 Å². The van der Waals surface area contributed by atoms with Gasteiger partial charge < -0.3 is 9.42 Å². The van der Waals surface area contributed by atoms with E-state index in [9.17, 15) is 4.39 Å². The number of piperazine rings is 1. The molecule has 0 N–H and O–H groups in total. The van der Waals surface area contributed by atoms with Gasteiger partial charge in [0.15, 0.2) is 5.82 Å². The minimum absolute atomic E-state index is 0.249. The van der Waals surface area contributed by atoms with Gasteiger partial charge in [0.05, 0.1) is 6.54 Å². The van der Waals surface area contributed by atoms with E-state index in [0.717, 1.165) is 25.2 Å². The Labute approximate surface area is 164 Å². The Balaban J connectivity index is 1.36. The molecule has 3 aromatic rings. The second-order valence-corrected chi connectivity index (χ2v) is 7.46. The molecule has 1 aromatic heterocycles. The molecule has 0 bridgehead atoms. The van der Waals surface area contributed by atoms with Gasteiger partial charge in [-0.2, -0.15) is 4.98 Å². The predicted molar refractivity (Wildman–Crippen MR) is 107 cm³/mol. The lowest BCUT2D eigenvalue weighted by atomic mass is 10.1. The second kappa shape index (κ2) is 8.10. The standard InChI is InChI=1S/C22H25FN4O/c1-16-6-3-4-9-20(16)27-11-10-26(17(2)14-27)15-22-24-21(25-28-22)13-18-7-5-8-19(23)12-18/h3-9,12,17H,10-11,13-15H2,1-2H3/t17-/m0/s1. The van der Waals surface area contributed by atoms with Gasteiger partial charge in [0.25, 0.3) is 0 Å². The molecule has 1 aliphatic rings. The first-order valence-corrected chi connectivity index (χ1v) is 9.69. The molecule has 1 aliphatic heterocycles. The molecule has 2 heterocycles. The third kappa shape index (κ3) is 4.22. The van der Waals surface area contributed by atoms with E-state index in [1.807, 2.05) is 6.07 Å². The summed E-state index contributed by atoms with van der Waals surface area (Å²) < 4.78 is 18.8. The van der Waals surface area contributed by atoms with Crippen LogP contribution in [0.25, 0.3) is 0 Å². The van der Waals surface area contributed by atoms with Crippen molar-refractivity contribution in [2.45, 2.75) is 32.9 Å². The number of nitrogens with zero attached hydrogens (tertiary/aromatic N) is 4. The van der Waals surface area contributed by atoms with E-state index in [-0.39, 0.29) is 5.82 Å². The summed E-state index contributed by atoms with van der Waals surface area (Å²) in [6.45, 7) is 7.91. The second-order valence-electron chi connectivity index (χ2n) is 7.46. The van der Waals surface area contributed by atoms with Crippen molar-refractivity contribution >= 4 is 5.69 Å². The molecule has 0 aliphatic carbocycles. The van der Waals surface area contributed by atoms with Crippen molar-refractivity contribution in [3.8, 4) is 0 Å². The van der Waals surface area contributed by atoms with Crippen molar-refractivity contribution in [2.24, 2.45) is 0 Å². The van der Waals surface area contributed by atoms with Gasteiger partial charge in [-0.15, -0.1) is 0 Å². The van der Waals surface area contributed by atoms with E-state index in [2.05, 4.69) is 58.1 Å². The molecule has 0 spiro atoms. The Morgan fingerprint density at radius 2 is 2.00 bits per heavy atom. The molecule has 146 valence electrons. The lowest BCUT2D eigenvalue weighted by Crippen LogP contribution is -2.51. The van der Waals surface area contributed by atoms with Crippen LogP contribution in [0.3, 0.4) is 0 Å². The summed E-state index contributed by atoms with van der Waals surface area (Å²) >= 11 is 0. The molecule has 0 saturated carbocycles. The van der Waals surface area contributed by atoms with Gasteiger partial charge >= 0.3 is 0 Å². The van der Waals surface area contributed by atoms with E-state index in [0.29, 0.717) is 30.7 Å². The quantitative estimate of drug-likeness (QED) is 0.673. The molecule has 1 atom stereocenters. The first kappa shape index (κ1) is 18.6. The maximum absolute atomic E-state index is 13.3. The highest BCUT2D eigenvalue weighted by molar-refractivity contribution is 5.53. The number of hydrogen-bond donors (Lipinski definition) is 0. The van der Waals surface area contributed by atoms with Gasteiger partial charge in [0.1, 0.15) is 5.82 Å². The molecular weight excluding hydrogens is 355 g/mol. The van der Waals surface area contributed by atoms with Crippen LogP contribution in [0.4, 0.5) is 10.1 Å². The number of anilines is 1. The van der Waals surface area contributed by atoms with Crippen molar-refractivity contribution in [1.29, 1.82) is 0 Å². The van der Waals surface area contributed by atoms with Crippen LogP contribution in [0, 0.1) is 12.7 Å². The number of aryl methyl sites for hydroxylation is 1. The van der Waals surface area contributed by atoms with Crippen LogP contribution >= 0.6 is 0 Å². The first-order valence-electron chi connectivity index (χ1n) is 9.69. The van der Waals surface area contributed by atoms with Gasteiger partial charge in [-0.1, -0.05) is 35.5 Å². The van der Waals surface area contributed by atoms with Crippen LogP contribution in [-0.4, -0.2) is 40.7 Å². The highest BCUT2D eigenvalue weighted by Crippen LogP contribution is 2.23. The maximum Gasteiger partial charge on any atom is 0.240 e. The van der Waals surface area contributed by atoms with E-state index in [4.69, 9.17) is 4.52 Å². The molecule has 0 radical (unpaired) electrons. The smallest absolute Gasteiger partial charge is 0.240 e. The van der Waals surface area contributed by atoms with Crippen LogP contribution in [0.1, 0.15) is 29.8 Å². The molecule has 28 heavy (non-hydrogen) atoms. The Bertz CT molecular complexity index is 942. The van der Waals surface area contributed by atoms with Crippen LogP contribution in [0.2, 0.25) is 0 Å². The highest BCUT2D eigenvalue weighted by atomic mass is 19.1. The maximum atomic E-state index is 13.3. The van der Waals surface area contributed by atoms with E-state index in [1.165, 1.54) is 23.4 Å². The average Bonchev–Trinajstić information content (AvgIpc) is 3.11. The minimum Gasteiger partial charge on any atom is -0.368 e. The zero-order chi connectivity index (χ0) is 19.5. The molecule has 0 unspecified atom stereocenters. The van der Waals surface area contributed by atoms with Gasteiger partial charge in [-0.25, -0.2) is 4.39 Å². The van der Waals surface area contributed by atoms with Crippen molar-refractivity contribution in [1.82, 2.24) is 15.0 Å². The largest absolute Gasteiger partial charge is 0.368 e. The molecule has 2 aromatic carbocycles. The third-order valence-corrected chi connectivity index (χ3v) is 5.32. The van der Waals surface area contributed by atoms with Gasteiger partial charge in [-0.3, -0.25) is 4.90 Å². The van der Waals surface area contributed by atoms with Crippen LogP contribution in [0.15, 0.2) is 53.1 Å². The van der Waals surface area contributed by atoms with Crippen LogP contribution in [0.5, 0.6) is 0 Å². The summed E-state index contributed by atoms with van der Waals surface area (Å²) in [6, 6.07) is 15.4. The van der Waals surface area contributed by atoms with Crippen LogP contribution in [-0.2, 0) is 13.0 Å². The molecule has 6 heteroatoms. The Morgan fingerprint density at radius 3 is 2.79 bits per heavy atom. The highest BCUT2D eigenvalue weighted by Gasteiger charge is 2.26. The van der Waals surface area contributed by atoms with Crippen molar-refractivity contribution < 1.29 is 8.91 Å². The predicted octanol–water partition coefficient (Wildman–Crippen LogP) is 3.82.